The van der Waals surface area contributed by atoms with Gasteiger partial charge in [-0.1, -0.05) is 0 Å². The molecule has 1 aliphatic carbocycles. The van der Waals surface area contributed by atoms with Gasteiger partial charge in [0, 0.05) is 60.6 Å². The number of rotatable bonds is 3. The molecule has 31 heavy (non-hydrogen) atoms. The van der Waals surface area contributed by atoms with Crippen molar-refractivity contribution in [3.8, 4) is 0 Å². The van der Waals surface area contributed by atoms with Crippen LogP contribution < -0.4 is 11.1 Å². The number of hydrogen-bond donors (Lipinski definition) is 3. The molecular weight excluding hydrogens is 384 g/mol. The predicted molar refractivity (Wildman–Crippen MR) is 128 cm³/mol. The molecule has 1 saturated carbocycles. The lowest BCUT2D eigenvalue weighted by molar-refractivity contribution is 0.259. The molecule has 2 fully saturated rings. The van der Waals surface area contributed by atoms with E-state index in [1.54, 1.807) is 0 Å². The molecule has 1 aromatic carbocycles. The van der Waals surface area contributed by atoms with Crippen LogP contribution in [0.2, 0.25) is 0 Å². The number of allylic oxidation sites excluding steroid dienone is 3. The lowest BCUT2D eigenvalue weighted by Gasteiger charge is -2.38. The molecule has 1 aromatic rings. The van der Waals surface area contributed by atoms with Crippen LogP contribution in [0, 0.1) is 12.3 Å². The van der Waals surface area contributed by atoms with E-state index in [-0.39, 0.29) is 0 Å². The molecule has 0 aromatic heterocycles. The van der Waals surface area contributed by atoms with Gasteiger partial charge in [-0.25, -0.2) is 4.99 Å². The van der Waals surface area contributed by atoms with E-state index in [0.29, 0.717) is 11.7 Å². The van der Waals surface area contributed by atoms with E-state index in [1.165, 1.54) is 29.6 Å². The Morgan fingerprint density at radius 3 is 2.81 bits per heavy atom. The summed E-state index contributed by atoms with van der Waals surface area (Å²) in [6.07, 6.45) is 13.7. The lowest BCUT2D eigenvalue weighted by atomic mass is 9.88. The Hall–Kier alpha value is -3.12. The molecule has 3 heterocycles. The van der Waals surface area contributed by atoms with Crippen LogP contribution in [-0.2, 0) is 0 Å². The molecule has 1 unspecified atom stereocenters. The Bertz CT molecular complexity index is 1080. The van der Waals surface area contributed by atoms with Gasteiger partial charge in [0.25, 0.3) is 0 Å². The average Bonchev–Trinajstić information content (AvgIpc) is 2.74. The maximum absolute atomic E-state index is 7.71. The second-order valence-corrected chi connectivity index (χ2v) is 8.84. The van der Waals surface area contributed by atoms with Crippen molar-refractivity contribution in [3.05, 3.63) is 70.2 Å². The number of anilines is 1. The first-order chi connectivity index (χ1) is 15.0. The van der Waals surface area contributed by atoms with Crippen LogP contribution in [0.15, 0.2) is 58.5 Å². The molecule has 3 aliphatic heterocycles. The van der Waals surface area contributed by atoms with Crippen molar-refractivity contribution in [2.75, 3.05) is 25.4 Å². The number of piperazine rings is 1. The van der Waals surface area contributed by atoms with Crippen molar-refractivity contribution in [1.29, 1.82) is 5.41 Å². The SMILES string of the molecule is Cc1cc(C2=CC(=C3CCC3)N3C=C(N4CCNC(C)C4)C=CC3=N2)cc(C=N)c1N. The summed E-state index contributed by atoms with van der Waals surface area (Å²) in [7, 11) is 0. The first-order valence-corrected chi connectivity index (χ1v) is 11.1. The van der Waals surface area contributed by atoms with Gasteiger partial charge in [0.2, 0.25) is 0 Å². The molecule has 5 rings (SSSR count). The van der Waals surface area contributed by atoms with Crippen molar-refractivity contribution in [2.45, 2.75) is 39.2 Å². The minimum absolute atomic E-state index is 0.493. The minimum Gasteiger partial charge on any atom is -0.398 e. The Balaban J connectivity index is 1.54. The summed E-state index contributed by atoms with van der Waals surface area (Å²) in [6.45, 7) is 7.27. The van der Waals surface area contributed by atoms with E-state index in [4.69, 9.17) is 16.1 Å². The third-order valence-electron chi connectivity index (χ3n) is 6.60. The van der Waals surface area contributed by atoms with Crippen LogP contribution in [0.4, 0.5) is 5.69 Å². The quantitative estimate of drug-likeness (QED) is 0.519. The molecule has 0 amide bonds. The molecule has 4 N–H and O–H groups in total. The van der Waals surface area contributed by atoms with Crippen molar-refractivity contribution in [1.82, 2.24) is 15.1 Å². The number of nitrogens with two attached hydrogens (primary N) is 1. The van der Waals surface area contributed by atoms with Gasteiger partial charge in [-0.3, -0.25) is 4.90 Å². The highest BCUT2D eigenvalue weighted by molar-refractivity contribution is 6.02. The summed E-state index contributed by atoms with van der Waals surface area (Å²) < 4.78 is 0. The van der Waals surface area contributed by atoms with E-state index >= 15 is 0 Å². The number of fused-ring (bicyclic) bond motifs is 1. The average molecular weight is 415 g/mol. The van der Waals surface area contributed by atoms with Gasteiger partial charge in [-0.05, 0) is 74.6 Å². The summed E-state index contributed by atoms with van der Waals surface area (Å²) in [4.78, 5) is 9.72. The molecule has 1 saturated heterocycles. The standard InChI is InChI=1S/C25H30N6/c1-16-10-19(11-20(13-26)25(16)27)22-12-23(18-4-3-5-18)31-15-21(6-7-24(31)29-22)30-9-8-28-17(2)14-30/h6-7,10-13,15,17,26,28H,3-5,8-9,14,27H2,1-2H3. The fraction of sp³-hybridized carbons (Fsp3) is 0.360. The van der Waals surface area contributed by atoms with Gasteiger partial charge in [-0.15, -0.1) is 0 Å². The number of aliphatic imine (C=N–C) groups is 1. The third kappa shape index (κ3) is 3.61. The zero-order valence-corrected chi connectivity index (χ0v) is 18.3. The summed E-state index contributed by atoms with van der Waals surface area (Å²) in [5.74, 6) is 0.949. The molecule has 4 aliphatic rings. The fourth-order valence-corrected chi connectivity index (χ4v) is 4.60. The monoisotopic (exact) mass is 414 g/mol. The second-order valence-electron chi connectivity index (χ2n) is 8.84. The van der Waals surface area contributed by atoms with Crippen molar-refractivity contribution < 1.29 is 0 Å². The zero-order valence-electron chi connectivity index (χ0n) is 18.3. The van der Waals surface area contributed by atoms with E-state index in [0.717, 1.165) is 60.7 Å². The number of nitrogen functional groups attached to an aromatic ring is 1. The van der Waals surface area contributed by atoms with E-state index < -0.39 is 0 Å². The maximum atomic E-state index is 7.71. The number of amidine groups is 1. The van der Waals surface area contributed by atoms with Gasteiger partial charge < -0.3 is 21.4 Å². The number of hydrogen-bond acceptors (Lipinski definition) is 6. The first-order valence-electron chi connectivity index (χ1n) is 11.1. The topological polar surface area (TPSA) is 80.7 Å². The van der Waals surface area contributed by atoms with E-state index in [9.17, 15) is 0 Å². The Kier molecular flexibility index (Phi) is 5.02. The Morgan fingerprint density at radius 2 is 2.10 bits per heavy atom. The van der Waals surface area contributed by atoms with Gasteiger partial charge in [0.1, 0.15) is 5.84 Å². The van der Waals surface area contributed by atoms with Crippen molar-refractivity contribution in [2.24, 2.45) is 4.99 Å². The molecule has 0 spiro atoms. The second kappa shape index (κ2) is 7.85. The highest BCUT2D eigenvalue weighted by atomic mass is 15.3. The molecule has 6 nitrogen and oxygen atoms in total. The third-order valence-corrected chi connectivity index (χ3v) is 6.60. The summed E-state index contributed by atoms with van der Waals surface area (Å²) in [6, 6.07) is 4.54. The van der Waals surface area contributed by atoms with Gasteiger partial charge >= 0.3 is 0 Å². The van der Waals surface area contributed by atoms with Gasteiger partial charge in [0.05, 0.1) is 11.4 Å². The number of nitrogens with zero attached hydrogens (tertiary/aromatic N) is 3. The Labute approximate surface area is 184 Å². The van der Waals surface area contributed by atoms with Crippen LogP contribution in [0.3, 0.4) is 0 Å². The number of aryl methyl sites for hydroxylation is 1. The van der Waals surface area contributed by atoms with Gasteiger partial charge in [0.15, 0.2) is 0 Å². The first kappa shape index (κ1) is 19.8. The maximum Gasteiger partial charge on any atom is 0.137 e. The van der Waals surface area contributed by atoms with Crippen LogP contribution in [0.5, 0.6) is 0 Å². The lowest BCUT2D eigenvalue weighted by Crippen LogP contribution is -2.49. The minimum atomic E-state index is 0.493. The fourth-order valence-electron chi connectivity index (χ4n) is 4.60. The molecule has 160 valence electrons. The highest BCUT2D eigenvalue weighted by Gasteiger charge is 2.28. The smallest absolute Gasteiger partial charge is 0.137 e. The van der Waals surface area contributed by atoms with Crippen LogP contribution >= 0.6 is 0 Å². The summed E-state index contributed by atoms with van der Waals surface area (Å²) in [5, 5.41) is 11.2. The van der Waals surface area contributed by atoms with E-state index in [2.05, 4.69) is 52.5 Å². The zero-order chi connectivity index (χ0) is 21.5. The number of benzene rings is 1. The van der Waals surface area contributed by atoms with Crippen LogP contribution in [0.1, 0.15) is 42.9 Å². The van der Waals surface area contributed by atoms with Crippen LogP contribution in [0.25, 0.3) is 5.70 Å². The molecule has 0 bridgehead atoms. The van der Waals surface area contributed by atoms with E-state index in [1.807, 2.05) is 13.0 Å². The molecule has 1 atom stereocenters. The summed E-state index contributed by atoms with van der Waals surface area (Å²) >= 11 is 0. The largest absolute Gasteiger partial charge is 0.398 e. The molecular formula is C25H30N6. The van der Waals surface area contributed by atoms with Crippen molar-refractivity contribution in [3.63, 3.8) is 0 Å². The molecule has 0 radical (unpaired) electrons. The Morgan fingerprint density at radius 1 is 1.26 bits per heavy atom. The van der Waals surface area contributed by atoms with Crippen molar-refractivity contribution >= 4 is 23.4 Å². The van der Waals surface area contributed by atoms with Gasteiger partial charge in [-0.2, -0.15) is 0 Å². The van der Waals surface area contributed by atoms with Crippen LogP contribution in [-0.4, -0.2) is 47.5 Å². The normalized spacial score (nSPS) is 23.0. The number of nitrogens with one attached hydrogen (secondary N) is 2. The molecule has 6 heteroatoms. The predicted octanol–water partition coefficient (Wildman–Crippen LogP) is 3.77. The summed E-state index contributed by atoms with van der Waals surface area (Å²) in [5.41, 5.74) is 14.5. The highest BCUT2D eigenvalue weighted by Crippen LogP contribution is 2.37.